The summed E-state index contributed by atoms with van der Waals surface area (Å²) in [5.41, 5.74) is 2.00. The van der Waals surface area contributed by atoms with Gasteiger partial charge in [-0.2, -0.15) is 0 Å². The van der Waals surface area contributed by atoms with Gasteiger partial charge in [-0.25, -0.2) is 9.97 Å². The van der Waals surface area contributed by atoms with E-state index < -0.39 is 0 Å². The molecule has 0 radical (unpaired) electrons. The zero-order valence-electron chi connectivity index (χ0n) is 13.9. The van der Waals surface area contributed by atoms with Gasteiger partial charge in [-0.15, -0.1) is 0 Å². The Morgan fingerprint density at radius 3 is 2.80 bits per heavy atom. The molecule has 0 saturated heterocycles. The number of anilines is 2. The Morgan fingerprint density at radius 2 is 1.96 bits per heavy atom. The maximum Gasteiger partial charge on any atom is 0.227 e. The fourth-order valence-corrected chi connectivity index (χ4v) is 2.81. The Bertz CT molecular complexity index is 735. The summed E-state index contributed by atoms with van der Waals surface area (Å²) in [5.74, 6) is 0.322. The van der Waals surface area contributed by atoms with Gasteiger partial charge in [0.2, 0.25) is 17.8 Å². The molecule has 2 amide bonds. The number of nitrogens with zero attached hydrogens (tertiary/aromatic N) is 2. The van der Waals surface area contributed by atoms with Gasteiger partial charge in [0.15, 0.2) is 0 Å². The quantitative estimate of drug-likeness (QED) is 0.666. The van der Waals surface area contributed by atoms with Crippen molar-refractivity contribution < 1.29 is 9.59 Å². The van der Waals surface area contributed by atoms with Gasteiger partial charge in [-0.05, 0) is 30.5 Å². The molecule has 2 heterocycles. The second-order valence-corrected chi connectivity index (χ2v) is 5.94. The summed E-state index contributed by atoms with van der Waals surface area (Å²) in [5, 5.41) is 8.77. The molecule has 3 rings (SSSR count). The molecule has 130 valence electrons. The lowest BCUT2D eigenvalue weighted by Crippen LogP contribution is -2.33. The van der Waals surface area contributed by atoms with Crippen LogP contribution >= 0.6 is 0 Å². The average molecular weight is 339 g/mol. The maximum atomic E-state index is 12.1. The lowest BCUT2D eigenvalue weighted by Gasteiger charge is -2.24. The number of fused-ring (bicyclic) bond motifs is 1. The Balaban J connectivity index is 1.37. The lowest BCUT2D eigenvalue weighted by molar-refractivity contribution is -0.122. The highest BCUT2D eigenvalue weighted by molar-refractivity contribution is 5.96. The van der Waals surface area contributed by atoms with Gasteiger partial charge in [0, 0.05) is 43.5 Å². The maximum absolute atomic E-state index is 12.1. The van der Waals surface area contributed by atoms with Crippen molar-refractivity contribution in [1.29, 1.82) is 0 Å². The number of aromatic nitrogens is 2. The summed E-state index contributed by atoms with van der Waals surface area (Å²) in [6.45, 7) is 1.03. The molecule has 2 aromatic rings. The van der Waals surface area contributed by atoms with Crippen molar-refractivity contribution in [2.24, 2.45) is 5.92 Å². The highest BCUT2D eigenvalue weighted by Crippen LogP contribution is 2.27. The van der Waals surface area contributed by atoms with Crippen LogP contribution in [0.1, 0.15) is 18.4 Å². The molecule has 0 fully saturated rings. The van der Waals surface area contributed by atoms with Gasteiger partial charge in [-0.1, -0.05) is 18.2 Å². The average Bonchev–Trinajstić information content (AvgIpc) is 2.64. The standard InChI is InChI=1S/C18H21N5O2/c24-16(19-10-11-22-18-20-8-3-9-21-18)7-6-14-12-13-4-1-2-5-15(13)23-17(14)25/h1-5,8-9,14H,6-7,10-12H2,(H,19,24)(H,23,25)(H,20,21,22)/t14-/m1/s1. The predicted molar refractivity (Wildman–Crippen MR) is 95.0 cm³/mol. The summed E-state index contributed by atoms with van der Waals surface area (Å²) in [4.78, 5) is 32.1. The van der Waals surface area contributed by atoms with Gasteiger partial charge in [0.05, 0.1) is 0 Å². The molecule has 0 spiro atoms. The normalized spacial score (nSPS) is 15.8. The van der Waals surface area contributed by atoms with Crippen LogP contribution in [0.2, 0.25) is 0 Å². The Hall–Kier alpha value is -2.96. The van der Waals surface area contributed by atoms with Crippen LogP contribution in [-0.4, -0.2) is 34.9 Å². The summed E-state index contributed by atoms with van der Waals surface area (Å²) in [6, 6.07) is 9.52. The van der Waals surface area contributed by atoms with Gasteiger partial charge in [0.1, 0.15) is 0 Å². The molecule has 7 heteroatoms. The minimum atomic E-state index is -0.156. The van der Waals surface area contributed by atoms with E-state index in [4.69, 9.17) is 0 Å². The number of hydrogen-bond donors (Lipinski definition) is 3. The first-order valence-electron chi connectivity index (χ1n) is 8.39. The molecule has 1 aliphatic heterocycles. The minimum absolute atomic E-state index is 0.00519. The third kappa shape index (κ3) is 4.76. The number of para-hydroxylation sites is 1. The summed E-state index contributed by atoms with van der Waals surface area (Å²) < 4.78 is 0. The van der Waals surface area contributed by atoms with Crippen LogP contribution in [0.5, 0.6) is 0 Å². The van der Waals surface area contributed by atoms with Crippen molar-refractivity contribution in [1.82, 2.24) is 15.3 Å². The van der Waals surface area contributed by atoms with E-state index in [0.717, 1.165) is 11.3 Å². The summed E-state index contributed by atoms with van der Waals surface area (Å²) in [6.07, 6.45) is 4.87. The monoisotopic (exact) mass is 339 g/mol. The van der Waals surface area contributed by atoms with E-state index in [1.165, 1.54) is 0 Å². The Morgan fingerprint density at radius 1 is 1.16 bits per heavy atom. The smallest absolute Gasteiger partial charge is 0.227 e. The van der Waals surface area contributed by atoms with Gasteiger partial charge < -0.3 is 16.0 Å². The molecular formula is C18H21N5O2. The molecule has 0 aliphatic carbocycles. The molecule has 0 saturated carbocycles. The van der Waals surface area contributed by atoms with E-state index in [9.17, 15) is 9.59 Å². The molecule has 1 atom stereocenters. The topological polar surface area (TPSA) is 96.0 Å². The molecular weight excluding hydrogens is 318 g/mol. The molecule has 0 bridgehead atoms. The van der Waals surface area contributed by atoms with Crippen LogP contribution in [0.15, 0.2) is 42.7 Å². The fraction of sp³-hybridized carbons (Fsp3) is 0.333. The molecule has 1 aliphatic rings. The zero-order chi connectivity index (χ0) is 17.5. The van der Waals surface area contributed by atoms with E-state index in [2.05, 4.69) is 25.9 Å². The summed E-state index contributed by atoms with van der Waals surface area (Å²) >= 11 is 0. The fourth-order valence-electron chi connectivity index (χ4n) is 2.81. The van der Waals surface area contributed by atoms with Crippen LogP contribution in [0.25, 0.3) is 0 Å². The SMILES string of the molecule is O=C(CC[C@@H]1Cc2ccccc2NC1=O)NCCNc1ncccn1. The molecule has 7 nitrogen and oxygen atoms in total. The van der Waals surface area contributed by atoms with Gasteiger partial charge >= 0.3 is 0 Å². The minimum Gasteiger partial charge on any atom is -0.354 e. The van der Waals surface area contributed by atoms with Crippen molar-refractivity contribution in [3.05, 3.63) is 48.3 Å². The van der Waals surface area contributed by atoms with E-state index in [1.807, 2.05) is 24.3 Å². The van der Waals surface area contributed by atoms with Gasteiger partial charge in [0.25, 0.3) is 0 Å². The zero-order valence-corrected chi connectivity index (χ0v) is 13.9. The lowest BCUT2D eigenvalue weighted by atomic mass is 9.89. The second kappa shape index (κ2) is 8.23. The van der Waals surface area contributed by atoms with Crippen LogP contribution in [0.4, 0.5) is 11.6 Å². The highest BCUT2D eigenvalue weighted by atomic mass is 16.2. The molecule has 1 aromatic heterocycles. The molecule has 3 N–H and O–H groups in total. The van der Waals surface area contributed by atoms with Crippen molar-refractivity contribution >= 4 is 23.5 Å². The molecule has 1 aromatic carbocycles. The van der Waals surface area contributed by atoms with Crippen LogP contribution in [0, 0.1) is 5.92 Å². The van der Waals surface area contributed by atoms with Crippen molar-refractivity contribution in [3.63, 3.8) is 0 Å². The number of rotatable bonds is 7. The Labute approximate surface area is 146 Å². The first-order chi connectivity index (χ1) is 12.2. The van der Waals surface area contributed by atoms with Crippen molar-refractivity contribution in [2.75, 3.05) is 23.7 Å². The van der Waals surface area contributed by atoms with E-state index in [-0.39, 0.29) is 17.7 Å². The first kappa shape index (κ1) is 16.9. The highest BCUT2D eigenvalue weighted by Gasteiger charge is 2.26. The molecule has 25 heavy (non-hydrogen) atoms. The predicted octanol–water partition coefficient (Wildman–Crippen LogP) is 1.60. The number of hydrogen-bond acceptors (Lipinski definition) is 5. The number of amides is 2. The third-order valence-electron chi connectivity index (χ3n) is 4.13. The van der Waals surface area contributed by atoms with Crippen LogP contribution in [-0.2, 0) is 16.0 Å². The largest absolute Gasteiger partial charge is 0.354 e. The van der Waals surface area contributed by atoms with Crippen molar-refractivity contribution in [3.8, 4) is 0 Å². The number of carbonyl (C=O) groups excluding carboxylic acids is 2. The van der Waals surface area contributed by atoms with Gasteiger partial charge in [-0.3, -0.25) is 9.59 Å². The first-order valence-corrected chi connectivity index (χ1v) is 8.39. The van der Waals surface area contributed by atoms with Crippen molar-refractivity contribution in [2.45, 2.75) is 19.3 Å². The van der Waals surface area contributed by atoms with Crippen LogP contribution in [0.3, 0.4) is 0 Å². The number of benzene rings is 1. The third-order valence-corrected chi connectivity index (χ3v) is 4.13. The number of nitrogens with one attached hydrogen (secondary N) is 3. The van der Waals surface area contributed by atoms with Crippen LogP contribution < -0.4 is 16.0 Å². The summed E-state index contributed by atoms with van der Waals surface area (Å²) in [7, 11) is 0. The Kier molecular flexibility index (Phi) is 5.56. The van der Waals surface area contributed by atoms with E-state index in [0.29, 0.717) is 38.3 Å². The number of carbonyl (C=O) groups is 2. The second-order valence-electron chi connectivity index (χ2n) is 5.94. The van der Waals surface area contributed by atoms with E-state index >= 15 is 0 Å². The molecule has 0 unspecified atom stereocenters. The van der Waals surface area contributed by atoms with E-state index in [1.54, 1.807) is 18.5 Å².